The third kappa shape index (κ3) is 10.1. The van der Waals surface area contributed by atoms with Crippen LogP contribution in [0.15, 0.2) is 72.8 Å². The summed E-state index contributed by atoms with van der Waals surface area (Å²) in [5.74, 6) is -0.552. The summed E-state index contributed by atoms with van der Waals surface area (Å²) in [6, 6.07) is 20.3. The van der Waals surface area contributed by atoms with Gasteiger partial charge in [0.05, 0.1) is 19.8 Å². The molecule has 43 heavy (non-hydrogen) atoms. The Labute approximate surface area is 257 Å². The maximum atomic E-state index is 15.4. The molecule has 3 rings (SSSR count). The van der Waals surface area contributed by atoms with Gasteiger partial charge in [-0.1, -0.05) is 87.9 Å². The van der Waals surface area contributed by atoms with Gasteiger partial charge in [0.15, 0.2) is 0 Å². The number of aliphatic hydroxyl groups excluding tert-OH is 2. The summed E-state index contributed by atoms with van der Waals surface area (Å²) < 4.78 is 20.6. The van der Waals surface area contributed by atoms with Crippen LogP contribution in [-0.2, 0) is 41.6 Å². The Kier molecular flexibility index (Phi) is 13.6. The van der Waals surface area contributed by atoms with Gasteiger partial charge in [0.25, 0.3) is 0 Å². The Morgan fingerprint density at radius 3 is 1.95 bits per heavy atom. The van der Waals surface area contributed by atoms with Crippen LogP contribution in [0.2, 0.25) is 0 Å². The van der Waals surface area contributed by atoms with Gasteiger partial charge in [-0.3, -0.25) is 0 Å². The van der Waals surface area contributed by atoms with Crippen molar-refractivity contribution in [1.82, 2.24) is 0 Å². The van der Waals surface area contributed by atoms with E-state index in [2.05, 4.69) is 56.8 Å². The van der Waals surface area contributed by atoms with Crippen molar-refractivity contribution >= 4 is 5.97 Å². The van der Waals surface area contributed by atoms with Crippen LogP contribution in [-0.4, -0.2) is 36.0 Å². The molecule has 0 aromatic heterocycles. The molecule has 2 N–H and O–H groups in total. The molecule has 3 aromatic carbocycles. The maximum Gasteiger partial charge on any atom is 0.333 e. The van der Waals surface area contributed by atoms with Crippen molar-refractivity contribution < 1.29 is 24.1 Å². The zero-order valence-corrected chi connectivity index (χ0v) is 26.3. The average Bonchev–Trinajstić information content (AvgIpc) is 3.03. The molecule has 0 bridgehead atoms. The first-order valence-electron chi connectivity index (χ1n) is 15.8. The number of hydrogen-bond donors (Lipinski definition) is 2. The molecule has 0 aliphatic heterocycles. The number of ether oxygens (including phenoxy) is 1. The number of esters is 1. The molecule has 0 amide bonds. The summed E-state index contributed by atoms with van der Waals surface area (Å²) in [6.45, 7) is 9.80. The molecule has 0 radical (unpaired) electrons. The Bertz CT molecular complexity index is 1320. The number of halogens is 1. The fourth-order valence-corrected chi connectivity index (χ4v) is 5.47. The lowest BCUT2D eigenvalue weighted by Gasteiger charge is -2.30. The van der Waals surface area contributed by atoms with Crippen LogP contribution in [0.1, 0.15) is 80.7 Å². The van der Waals surface area contributed by atoms with Gasteiger partial charge in [0, 0.05) is 16.6 Å². The molecule has 0 fully saturated rings. The SMILES string of the molecule is C=C(C)C(=O)OCCCc1ccc(CCc2ccc(-c3ccc(CCC(CO)(CO)CCCC)cc3CC)c(F)c2)cc1. The van der Waals surface area contributed by atoms with E-state index >= 15 is 4.39 Å². The summed E-state index contributed by atoms with van der Waals surface area (Å²) in [4.78, 5) is 11.5. The molecule has 3 aromatic rings. The first-order valence-corrected chi connectivity index (χ1v) is 15.8. The Balaban J connectivity index is 1.58. The first-order chi connectivity index (χ1) is 20.7. The molecule has 0 aliphatic carbocycles. The lowest BCUT2D eigenvalue weighted by atomic mass is 9.79. The molecule has 0 heterocycles. The fourth-order valence-electron chi connectivity index (χ4n) is 5.47. The van der Waals surface area contributed by atoms with Crippen molar-refractivity contribution in [2.24, 2.45) is 5.41 Å². The van der Waals surface area contributed by atoms with E-state index in [4.69, 9.17) is 4.74 Å². The zero-order valence-electron chi connectivity index (χ0n) is 26.3. The molecule has 0 saturated heterocycles. The Hall–Kier alpha value is -3.28. The number of benzene rings is 3. The molecular formula is C38H49FO4. The molecule has 5 heteroatoms. The van der Waals surface area contributed by atoms with Crippen LogP contribution in [0.4, 0.5) is 4.39 Å². The van der Waals surface area contributed by atoms with Crippen molar-refractivity contribution in [2.75, 3.05) is 19.8 Å². The van der Waals surface area contributed by atoms with E-state index in [0.717, 1.165) is 86.5 Å². The van der Waals surface area contributed by atoms with Crippen molar-refractivity contribution in [2.45, 2.75) is 85.0 Å². The summed E-state index contributed by atoms with van der Waals surface area (Å²) >= 11 is 0. The molecule has 0 atom stereocenters. The smallest absolute Gasteiger partial charge is 0.333 e. The van der Waals surface area contributed by atoms with Crippen LogP contribution in [0.5, 0.6) is 0 Å². The molecule has 4 nitrogen and oxygen atoms in total. The average molecular weight is 589 g/mol. The summed E-state index contributed by atoms with van der Waals surface area (Å²) in [7, 11) is 0. The summed E-state index contributed by atoms with van der Waals surface area (Å²) in [5, 5.41) is 20.0. The number of unbranched alkanes of at least 4 members (excludes halogenated alkanes) is 1. The van der Waals surface area contributed by atoms with E-state index in [-0.39, 0.29) is 25.0 Å². The second kappa shape index (κ2) is 17.1. The quantitative estimate of drug-likeness (QED) is 0.0898. The highest BCUT2D eigenvalue weighted by Crippen LogP contribution is 2.32. The van der Waals surface area contributed by atoms with Crippen molar-refractivity contribution in [3.05, 3.63) is 106 Å². The predicted molar refractivity (Wildman–Crippen MR) is 174 cm³/mol. The van der Waals surface area contributed by atoms with E-state index in [1.165, 1.54) is 11.1 Å². The Morgan fingerprint density at radius 2 is 1.37 bits per heavy atom. The number of carbonyl (C=O) groups excluding carboxylic acids is 1. The zero-order chi connectivity index (χ0) is 31.2. The van der Waals surface area contributed by atoms with Gasteiger partial charge in [-0.25, -0.2) is 9.18 Å². The fraction of sp³-hybridized carbons (Fsp3) is 0.447. The predicted octanol–water partition coefficient (Wildman–Crippen LogP) is 7.99. The molecule has 0 aliphatic rings. The summed E-state index contributed by atoms with van der Waals surface area (Å²) in [5.41, 5.74) is 7.12. The van der Waals surface area contributed by atoms with Crippen LogP contribution in [0, 0.1) is 11.2 Å². The highest BCUT2D eigenvalue weighted by atomic mass is 19.1. The van der Waals surface area contributed by atoms with E-state index in [9.17, 15) is 15.0 Å². The minimum absolute atomic E-state index is 0.0124. The number of rotatable bonds is 18. The molecule has 0 spiro atoms. The van der Waals surface area contributed by atoms with Crippen LogP contribution in [0.3, 0.4) is 0 Å². The van der Waals surface area contributed by atoms with Gasteiger partial charge in [-0.15, -0.1) is 0 Å². The van der Waals surface area contributed by atoms with Crippen molar-refractivity contribution in [1.29, 1.82) is 0 Å². The van der Waals surface area contributed by atoms with E-state index in [1.54, 1.807) is 13.0 Å². The number of aryl methyl sites for hydroxylation is 5. The summed E-state index contributed by atoms with van der Waals surface area (Å²) in [6.07, 6.45) is 8.30. The van der Waals surface area contributed by atoms with E-state index in [0.29, 0.717) is 17.7 Å². The third-order valence-electron chi connectivity index (χ3n) is 8.47. The third-order valence-corrected chi connectivity index (χ3v) is 8.47. The Morgan fingerprint density at radius 1 is 0.791 bits per heavy atom. The minimum Gasteiger partial charge on any atom is -0.462 e. The highest BCUT2D eigenvalue weighted by Gasteiger charge is 2.27. The molecule has 0 unspecified atom stereocenters. The lowest BCUT2D eigenvalue weighted by Crippen LogP contribution is -2.30. The van der Waals surface area contributed by atoms with Crippen molar-refractivity contribution in [3.8, 4) is 11.1 Å². The number of aliphatic hydroxyl groups is 2. The first kappa shape index (κ1) is 34.2. The second-order valence-electron chi connectivity index (χ2n) is 11.9. The largest absolute Gasteiger partial charge is 0.462 e. The van der Waals surface area contributed by atoms with Gasteiger partial charge >= 0.3 is 5.97 Å². The van der Waals surface area contributed by atoms with Gasteiger partial charge in [-0.05, 0) is 97.7 Å². The second-order valence-corrected chi connectivity index (χ2v) is 11.9. The molecular weight excluding hydrogens is 539 g/mol. The normalized spacial score (nSPS) is 11.5. The van der Waals surface area contributed by atoms with Crippen molar-refractivity contribution in [3.63, 3.8) is 0 Å². The van der Waals surface area contributed by atoms with E-state index < -0.39 is 5.41 Å². The monoisotopic (exact) mass is 588 g/mol. The lowest BCUT2D eigenvalue weighted by molar-refractivity contribution is -0.139. The molecule has 0 saturated carbocycles. The standard InChI is InChI=1S/C38H49FO4/c1-5-7-21-38(26-40,27-41)22-20-32-16-18-34(33(6-2)24-32)35-19-17-31(25-36(35)39)15-14-30-12-10-29(11-13-30)9-8-23-43-37(42)28(3)4/h10-13,16-19,24-25,40-41H,3,5-9,14-15,20-23,26-27H2,1-2,4H3. The van der Waals surface area contributed by atoms with E-state index in [1.807, 2.05) is 18.2 Å². The number of carbonyl (C=O) groups is 1. The van der Waals surface area contributed by atoms with Crippen LogP contribution >= 0.6 is 0 Å². The maximum absolute atomic E-state index is 15.4. The van der Waals surface area contributed by atoms with Gasteiger partial charge in [0.2, 0.25) is 0 Å². The minimum atomic E-state index is -0.451. The van der Waals surface area contributed by atoms with Gasteiger partial charge in [-0.2, -0.15) is 0 Å². The van der Waals surface area contributed by atoms with Gasteiger partial charge < -0.3 is 14.9 Å². The number of hydrogen-bond acceptors (Lipinski definition) is 4. The molecule has 232 valence electrons. The highest BCUT2D eigenvalue weighted by molar-refractivity contribution is 5.86. The van der Waals surface area contributed by atoms with Crippen LogP contribution in [0.25, 0.3) is 11.1 Å². The topological polar surface area (TPSA) is 66.8 Å². The van der Waals surface area contributed by atoms with Gasteiger partial charge in [0.1, 0.15) is 5.82 Å². The van der Waals surface area contributed by atoms with Crippen LogP contribution < -0.4 is 0 Å².